The Morgan fingerprint density at radius 3 is 1.57 bits per heavy atom. The summed E-state index contributed by atoms with van der Waals surface area (Å²) in [5, 5.41) is 14.0. The van der Waals surface area contributed by atoms with Gasteiger partial charge in [-0.15, -0.1) is 6.32 Å². The van der Waals surface area contributed by atoms with Gasteiger partial charge in [0, 0.05) is 31.3 Å². The molecule has 162 valence electrons. The van der Waals surface area contributed by atoms with E-state index in [9.17, 15) is 4.79 Å². The van der Waals surface area contributed by atoms with Crippen LogP contribution in [0.4, 0.5) is 0 Å². The van der Waals surface area contributed by atoms with Crippen molar-refractivity contribution < 1.29 is 4.79 Å². The van der Waals surface area contributed by atoms with E-state index in [1.807, 2.05) is 69.2 Å². The van der Waals surface area contributed by atoms with Crippen LogP contribution in [-0.2, 0) is 4.79 Å². The number of carbonyl (C=O) groups excluding carboxylic acids is 1. The fourth-order valence-corrected chi connectivity index (χ4v) is 4.77. The maximum atomic E-state index is 10.9. The highest BCUT2D eigenvalue weighted by Gasteiger charge is 2.33. The molecule has 0 aliphatic heterocycles. The molecule has 30 heavy (non-hydrogen) atoms. The Balaban J connectivity index is 1.48. The first-order chi connectivity index (χ1) is 14.7. The Hall–Kier alpha value is -2.29. The van der Waals surface area contributed by atoms with Crippen molar-refractivity contribution in [3.8, 4) is 0 Å². The summed E-state index contributed by atoms with van der Waals surface area (Å²) >= 11 is 1.45. The number of rotatable bonds is 14. The molecule has 0 amide bonds. The van der Waals surface area contributed by atoms with Crippen LogP contribution in [0.25, 0.3) is 0 Å². The van der Waals surface area contributed by atoms with Crippen LogP contribution in [0.2, 0.25) is 6.32 Å². The average molecular weight is 427 g/mol. The smallest absolute Gasteiger partial charge is 0.339 e. The Morgan fingerprint density at radius 2 is 1.17 bits per heavy atom. The molecule has 3 aromatic rings. The van der Waals surface area contributed by atoms with Crippen LogP contribution in [0, 0.1) is 0 Å². The topological polar surface area (TPSA) is 70.5 Å². The lowest BCUT2D eigenvalue weighted by Crippen LogP contribution is -2.59. The molecule has 0 aromatic carbocycles. The SMILES string of the molecule is CC(=O)SCCCCCCCCCC[B-](n1cccn1)(n1cccn1)n1cccn1. The summed E-state index contributed by atoms with van der Waals surface area (Å²) in [6, 6.07) is 5.87. The molecule has 0 bridgehead atoms. The first-order valence-electron chi connectivity index (χ1n) is 11.0. The zero-order valence-electron chi connectivity index (χ0n) is 17.8. The highest BCUT2D eigenvalue weighted by Crippen LogP contribution is 2.21. The van der Waals surface area contributed by atoms with Gasteiger partial charge in [-0.05, 0) is 43.2 Å². The van der Waals surface area contributed by atoms with Gasteiger partial charge in [-0.25, -0.2) is 15.3 Å². The lowest BCUT2D eigenvalue weighted by Gasteiger charge is -2.41. The number of hydrogen-bond donors (Lipinski definition) is 0. The second-order valence-corrected chi connectivity index (χ2v) is 9.08. The molecule has 3 rings (SSSR count). The predicted octanol–water partition coefficient (Wildman–Crippen LogP) is 4.56. The molecule has 0 unspecified atom stereocenters. The van der Waals surface area contributed by atoms with Gasteiger partial charge in [-0.3, -0.25) is 4.79 Å². The Kier molecular flexibility index (Phi) is 8.80. The molecule has 0 aliphatic rings. The Bertz CT molecular complexity index is 751. The zero-order valence-corrected chi connectivity index (χ0v) is 18.7. The average Bonchev–Trinajstić information content (AvgIpc) is 3.52. The van der Waals surface area contributed by atoms with E-state index in [1.54, 1.807) is 6.92 Å². The lowest BCUT2D eigenvalue weighted by molar-refractivity contribution is -0.109. The minimum absolute atomic E-state index is 0.230. The predicted molar refractivity (Wildman–Crippen MR) is 124 cm³/mol. The third-order valence-electron chi connectivity index (χ3n) is 5.64. The van der Waals surface area contributed by atoms with Crippen LogP contribution in [0.5, 0.6) is 0 Å². The molecular formula is C21H32BN6OS-. The molecule has 9 heteroatoms. The van der Waals surface area contributed by atoms with Crippen LogP contribution in [0.15, 0.2) is 55.4 Å². The first-order valence-corrected chi connectivity index (χ1v) is 12.0. The summed E-state index contributed by atoms with van der Waals surface area (Å²) in [6.45, 7) is 0.195. The van der Waals surface area contributed by atoms with E-state index in [0.29, 0.717) is 0 Å². The number of nitrogens with zero attached hydrogens (tertiary/aromatic N) is 6. The maximum Gasteiger partial charge on any atom is 0.339 e. The van der Waals surface area contributed by atoms with E-state index < -0.39 is 6.55 Å². The number of hydrogen-bond acceptors (Lipinski definition) is 5. The molecule has 3 aromatic heterocycles. The minimum atomic E-state index is -1.45. The number of thioether (sulfide) groups is 1. The summed E-state index contributed by atoms with van der Waals surface area (Å²) in [6.07, 6.45) is 22.1. The van der Waals surface area contributed by atoms with Crippen LogP contribution in [0.1, 0.15) is 58.3 Å². The fourth-order valence-electron chi connectivity index (χ4n) is 4.13. The van der Waals surface area contributed by atoms with Crippen molar-refractivity contribution in [2.45, 2.75) is 64.6 Å². The van der Waals surface area contributed by atoms with Gasteiger partial charge in [0.2, 0.25) is 0 Å². The van der Waals surface area contributed by atoms with E-state index in [0.717, 1.165) is 24.9 Å². The standard InChI is InChI=1S/C21H32BN6OS/c1-21(29)30-20-9-7-5-3-2-4-6-8-13-22(26-17-10-14-23-26,27-18-11-15-24-27)28-19-12-16-25-28/h10-12,14-19H,2-9,13,20H2,1H3/q-1. The fraction of sp³-hybridized carbons (Fsp3) is 0.524. The van der Waals surface area contributed by atoms with Gasteiger partial charge in [0.25, 0.3) is 0 Å². The second kappa shape index (κ2) is 11.8. The van der Waals surface area contributed by atoms with E-state index >= 15 is 0 Å². The largest absolute Gasteiger partial charge is 0.400 e. The Morgan fingerprint density at radius 1 is 0.733 bits per heavy atom. The van der Waals surface area contributed by atoms with E-state index in [-0.39, 0.29) is 5.12 Å². The van der Waals surface area contributed by atoms with Crippen molar-refractivity contribution in [2.24, 2.45) is 0 Å². The van der Waals surface area contributed by atoms with Gasteiger partial charge in [-0.2, -0.15) is 0 Å². The van der Waals surface area contributed by atoms with Gasteiger partial charge >= 0.3 is 6.55 Å². The molecule has 0 N–H and O–H groups in total. The minimum Gasteiger partial charge on any atom is -0.400 e. The molecule has 7 nitrogen and oxygen atoms in total. The molecule has 0 saturated carbocycles. The van der Waals surface area contributed by atoms with Crippen molar-refractivity contribution >= 4 is 23.4 Å². The van der Waals surface area contributed by atoms with Crippen LogP contribution >= 0.6 is 11.8 Å². The monoisotopic (exact) mass is 427 g/mol. The molecule has 0 spiro atoms. The van der Waals surface area contributed by atoms with E-state index in [2.05, 4.69) is 15.3 Å². The molecule has 3 heterocycles. The summed E-state index contributed by atoms with van der Waals surface area (Å²) in [4.78, 5) is 10.9. The Labute approximate surface area is 183 Å². The number of unbranched alkanes of at least 4 members (excludes halogenated alkanes) is 7. The van der Waals surface area contributed by atoms with Crippen molar-refractivity contribution in [1.29, 1.82) is 0 Å². The highest BCUT2D eigenvalue weighted by molar-refractivity contribution is 8.13. The van der Waals surface area contributed by atoms with Crippen LogP contribution in [0.3, 0.4) is 0 Å². The quantitative estimate of drug-likeness (QED) is 0.279. The third-order valence-corrected chi connectivity index (χ3v) is 6.54. The first kappa shape index (κ1) is 22.4. The van der Waals surface area contributed by atoms with E-state index in [4.69, 9.17) is 0 Å². The van der Waals surface area contributed by atoms with Gasteiger partial charge < -0.3 is 13.8 Å². The van der Waals surface area contributed by atoms with Gasteiger partial charge in [-0.1, -0.05) is 56.7 Å². The van der Waals surface area contributed by atoms with Crippen molar-refractivity contribution in [2.75, 3.05) is 5.75 Å². The molecule has 0 aliphatic carbocycles. The summed E-state index contributed by atoms with van der Waals surface area (Å²) < 4.78 is 6.04. The summed E-state index contributed by atoms with van der Waals surface area (Å²) in [5.41, 5.74) is 0. The maximum absolute atomic E-state index is 10.9. The lowest BCUT2D eigenvalue weighted by atomic mass is 9.55. The molecule has 0 radical (unpaired) electrons. The summed E-state index contributed by atoms with van der Waals surface area (Å²) in [5.74, 6) is 0.966. The van der Waals surface area contributed by atoms with Crippen molar-refractivity contribution in [3.05, 3.63) is 55.4 Å². The van der Waals surface area contributed by atoms with Gasteiger partial charge in [0.1, 0.15) is 0 Å². The summed E-state index contributed by atoms with van der Waals surface area (Å²) in [7, 11) is 0. The third kappa shape index (κ3) is 5.87. The second-order valence-electron chi connectivity index (χ2n) is 7.81. The zero-order chi connectivity index (χ0) is 21.1. The normalized spacial score (nSPS) is 11.8. The van der Waals surface area contributed by atoms with Crippen molar-refractivity contribution in [1.82, 2.24) is 29.1 Å². The van der Waals surface area contributed by atoms with Gasteiger partial charge in [0.05, 0.1) is 0 Å². The van der Waals surface area contributed by atoms with E-state index in [1.165, 1.54) is 50.3 Å². The molecular weight excluding hydrogens is 395 g/mol. The number of aromatic nitrogens is 6. The molecule has 0 atom stereocenters. The van der Waals surface area contributed by atoms with Crippen LogP contribution < -0.4 is 0 Å². The van der Waals surface area contributed by atoms with Gasteiger partial charge in [0.15, 0.2) is 5.12 Å². The van der Waals surface area contributed by atoms with Crippen LogP contribution in [-0.4, -0.2) is 46.5 Å². The van der Waals surface area contributed by atoms with Crippen molar-refractivity contribution in [3.63, 3.8) is 0 Å². The molecule has 0 fully saturated rings. The molecule has 0 saturated heterocycles. The highest BCUT2D eigenvalue weighted by atomic mass is 32.2. The number of carbonyl (C=O) groups is 1.